The van der Waals surface area contributed by atoms with E-state index in [1.165, 1.54) is 5.56 Å². The van der Waals surface area contributed by atoms with Crippen LogP contribution in [0.5, 0.6) is 0 Å². The monoisotopic (exact) mass is 338 g/mol. The molecule has 2 nitrogen and oxygen atoms in total. The zero-order valence-electron chi connectivity index (χ0n) is 11.5. The highest BCUT2D eigenvalue weighted by Crippen LogP contribution is 2.34. The van der Waals surface area contributed by atoms with Crippen LogP contribution in [0, 0.1) is 6.92 Å². The van der Waals surface area contributed by atoms with Gasteiger partial charge in [0.15, 0.2) is 5.82 Å². The van der Waals surface area contributed by atoms with Crippen molar-refractivity contribution in [1.29, 1.82) is 0 Å². The van der Waals surface area contributed by atoms with Crippen molar-refractivity contribution in [1.82, 2.24) is 9.97 Å². The Morgan fingerprint density at radius 1 is 1.05 bits per heavy atom. The minimum absolute atomic E-state index is 0.0924. The highest BCUT2D eigenvalue weighted by Gasteiger charge is 2.22. The average molecular weight is 340 g/mol. The lowest BCUT2D eigenvalue weighted by molar-refractivity contribution is 0.564. The van der Waals surface area contributed by atoms with Crippen LogP contribution < -0.4 is 0 Å². The topological polar surface area (TPSA) is 25.8 Å². The summed E-state index contributed by atoms with van der Waals surface area (Å²) in [7, 11) is 0. The molecule has 2 rings (SSSR count). The molecular formula is C15H16BrClN2. The van der Waals surface area contributed by atoms with Gasteiger partial charge in [-0.05, 0) is 22.9 Å². The molecule has 19 heavy (non-hydrogen) atoms. The zero-order chi connectivity index (χ0) is 14.2. The van der Waals surface area contributed by atoms with Crippen molar-refractivity contribution >= 4 is 27.5 Å². The highest BCUT2D eigenvalue weighted by molar-refractivity contribution is 9.10. The minimum atomic E-state index is -0.0924. The first-order valence-corrected chi connectivity index (χ1v) is 7.26. The normalized spacial score (nSPS) is 11.7. The van der Waals surface area contributed by atoms with Gasteiger partial charge in [-0.3, -0.25) is 0 Å². The van der Waals surface area contributed by atoms with Crippen molar-refractivity contribution in [2.24, 2.45) is 0 Å². The molecule has 1 heterocycles. The van der Waals surface area contributed by atoms with E-state index in [0.717, 1.165) is 15.7 Å². The summed E-state index contributed by atoms with van der Waals surface area (Å²) in [6.45, 7) is 8.37. The van der Waals surface area contributed by atoms with Crippen molar-refractivity contribution in [3.63, 3.8) is 0 Å². The number of rotatable bonds is 1. The number of halogens is 2. The molecule has 0 aliphatic rings. The van der Waals surface area contributed by atoms with E-state index in [9.17, 15) is 0 Å². The molecule has 1 aromatic carbocycles. The first-order chi connectivity index (χ1) is 8.79. The molecule has 0 unspecified atom stereocenters. The Labute approximate surface area is 127 Å². The van der Waals surface area contributed by atoms with Crippen LogP contribution in [0.4, 0.5) is 0 Å². The molecule has 4 heteroatoms. The number of hydrogen-bond donors (Lipinski definition) is 0. The van der Waals surface area contributed by atoms with Crippen LogP contribution in [0.25, 0.3) is 11.4 Å². The molecule has 2 aromatic rings. The van der Waals surface area contributed by atoms with E-state index >= 15 is 0 Å². The molecule has 0 bridgehead atoms. The lowest BCUT2D eigenvalue weighted by Gasteiger charge is -2.20. The van der Waals surface area contributed by atoms with Gasteiger partial charge in [-0.1, -0.05) is 62.2 Å². The average Bonchev–Trinajstić information content (AvgIpc) is 2.32. The summed E-state index contributed by atoms with van der Waals surface area (Å²) in [4.78, 5) is 9.02. The van der Waals surface area contributed by atoms with Crippen molar-refractivity contribution < 1.29 is 0 Å². The lowest BCUT2D eigenvalue weighted by Crippen LogP contribution is -2.16. The molecular weight excluding hydrogens is 324 g/mol. The van der Waals surface area contributed by atoms with Gasteiger partial charge < -0.3 is 0 Å². The maximum absolute atomic E-state index is 6.21. The van der Waals surface area contributed by atoms with Crippen LogP contribution >= 0.6 is 27.5 Å². The maximum Gasteiger partial charge on any atom is 0.161 e. The van der Waals surface area contributed by atoms with Gasteiger partial charge in [0, 0.05) is 11.0 Å². The molecule has 0 spiro atoms. The Hall–Kier alpha value is -0.930. The summed E-state index contributed by atoms with van der Waals surface area (Å²) in [6.07, 6.45) is 0. The number of aryl methyl sites for hydroxylation is 1. The van der Waals surface area contributed by atoms with Gasteiger partial charge in [0.05, 0.1) is 10.2 Å². The zero-order valence-corrected chi connectivity index (χ0v) is 13.8. The standard InChI is InChI=1S/C15H16BrClN2/c1-9-5-7-10(8-6-9)14-18-12(15(2,3)4)11(16)13(17)19-14/h5-8H,1-4H3. The van der Waals surface area contributed by atoms with E-state index in [1.54, 1.807) is 0 Å². The Bertz CT molecular complexity index is 601. The van der Waals surface area contributed by atoms with E-state index in [4.69, 9.17) is 11.6 Å². The first-order valence-electron chi connectivity index (χ1n) is 6.09. The van der Waals surface area contributed by atoms with Gasteiger partial charge in [0.2, 0.25) is 0 Å². The fraction of sp³-hybridized carbons (Fsp3) is 0.333. The van der Waals surface area contributed by atoms with E-state index < -0.39 is 0 Å². The van der Waals surface area contributed by atoms with Crippen molar-refractivity contribution in [2.75, 3.05) is 0 Å². The predicted octanol–water partition coefficient (Wildman–Crippen LogP) is 5.17. The van der Waals surface area contributed by atoms with Crippen LogP contribution in [0.15, 0.2) is 28.7 Å². The van der Waals surface area contributed by atoms with Crippen LogP contribution in [0.1, 0.15) is 32.0 Å². The van der Waals surface area contributed by atoms with E-state index in [2.05, 4.69) is 53.6 Å². The summed E-state index contributed by atoms with van der Waals surface area (Å²) in [5, 5.41) is 0.454. The molecule has 0 saturated heterocycles. The van der Waals surface area contributed by atoms with Crippen LogP contribution in [0.3, 0.4) is 0 Å². The second-order valence-corrected chi connectivity index (χ2v) is 6.77. The summed E-state index contributed by atoms with van der Waals surface area (Å²) in [5.74, 6) is 0.665. The van der Waals surface area contributed by atoms with Crippen LogP contribution in [0.2, 0.25) is 5.15 Å². The van der Waals surface area contributed by atoms with Crippen molar-refractivity contribution in [3.05, 3.63) is 45.1 Å². The van der Waals surface area contributed by atoms with Gasteiger partial charge in [-0.15, -0.1) is 0 Å². The quantitative estimate of drug-likeness (QED) is 0.670. The Morgan fingerprint density at radius 2 is 1.63 bits per heavy atom. The summed E-state index contributed by atoms with van der Waals surface area (Å²) >= 11 is 9.69. The molecule has 1 aromatic heterocycles. The third kappa shape index (κ3) is 3.15. The molecule has 0 aliphatic heterocycles. The second kappa shape index (κ2) is 5.22. The van der Waals surface area contributed by atoms with Crippen molar-refractivity contribution in [2.45, 2.75) is 33.1 Å². The molecule has 0 amide bonds. The molecule has 0 fully saturated rings. The predicted molar refractivity (Wildman–Crippen MR) is 83.6 cm³/mol. The second-order valence-electron chi connectivity index (χ2n) is 5.62. The molecule has 0 N–H and O–H groups in total. The van der Waals surface area contributed by atoms with Crippen LogP contribution in [-0.2, 0) is 5.41 Å². The summed E-state index contributed by atoms with van der Waals surface area (Å²) in [6, 6.07) is 8.12. The van der Waals surface area contributed by atoms with Gasteiger partial charge in [-0.2, -0.15) is 0 Å². The molecule has 0 radical (unpaired) electrons. The molecule has 100 valence electrons. The van der Waals surface area contributed by atoms with E-state index in [-0.39, 0.29) is 5.41 Å². The number of aromatic nitrogens is 2. The van der Waals surface area contributed by atoms with Gasteiger partial charge in [-0.25, -0.2) is 9.97 Å². The Morgan fingerprint density at radius 3 is 2.16 bits per heavy atom. The third-order valence-corrected chi connectivity index (χ3v) is 4.08. The Balaban J connectivity index is 2.60. The van der Waals surface area contributed by atoms with Gasteiger partial charge in [0.25, 0.3) is 0 Å². The first kappa shape index (κ1) is 14.5. The number of benzene rings is 1. The van der Waals surface area contributed by atoms with E-state index in [1.807, 2.05) is 24.3 Å². The highest BCUT2D eigenvalue weighted by atomic mass is 79.9. The smallest absolute Gasteiger partial charge is 0.161 e. The third-order valence-electron chi connectivity index (χ3n) is 2.83. The van der Waals surface area contributed by atoms with Crippen molar-refractivity contribution in [3.8, 4) is 11.4 Å². The fourth-order valence-electron chi connectivity index (χ4n) is 1.75. The maximum atomic E-state index is 6.21. The summed E-state index contributed by atoms with van der Waals surface area (Å²) in [5.41, 5.74) is 3.02. The SMILES string of the molecule is Cc1ccc(-c2nc(Cl)c(Br)c(C(C)(C)C)n2)cc1. The minimum Gasteiger partial charge on any atom is -0.231 e. The lowest BCUT2D eigenvalue weighted by atomic mass is 9.92. The largest absolute Gasteiger partial charge is 0.231 e. The van der Waals surface area contributed by atoms with Gasteiger partial charge >= 0.3 is 0 Å². The fourth-order valence-corrected chi connectivity index (χ4v) is 2.69. The number of hydrogen-bond acceptors (Lipinski definition) is 2. The van der Waals surface area contributed by atoms with Gasteiger partial charge in [0.1, 0.15) is 5.15 Å². The van der Waals surface area contributed by atoms with Crippen LogP contribution in [-0.4, -0.2) is 9.97 Å². The molecule has 0 saturated carbocycles. The summed E-state index contributed by atoms with van der Waals surface area (Å²) < 4.78 is 0.775. The molecule has 0 aliphatic carbocycles. The number of nitrogens with zero attached hydrogens (tertiary/aromatic N) is 2. The Kier molecular flexibility index (Phi) is 3.98. The molecule has 0 atom stereocenters. The van der Waals surface area contributed by atoms with E-state index in [0.29, 0.717) is 11.0 Å².